The molecule has 132 valence electrons. The zero-order valence-electron chi connectivity index (χ0n) is 14.3. The summed E-state index contributed by atoms with van der Waals surface area (Å²) in [6.07, 6.45) is 1.57. The Morgan fingerprint density at radius 2 is 1.78 bits per heavy atom. The van der Waals surface area contributed by atoms with Gasteiger partial charge in [0, 0.05) is 5.69 Å². The summed E-state index contributed by atoms with van der Waals surface area (Å²) < 4.78 is 2.14. The van der Waals surface area contributed by atoms with Crippen LogP contribution in [0.15, 0.2) is 60.9 Å². The molecule has 0 radical (unpaired) electrons. The van der Waals surface area contributed by atoms with Gasteiger partial charge in [0.2, 0.25) is 5.95 Å². The number of hydrogen-bond donors (Lipinski definition) is 3. The van der Waals surface area contributed by atoms with Crippen molar-refractivity contribution in [3.05, 3.63) is 66.7 Å². The molecule has 0 aliphatic rings. The second kappa shape index (κ2) is 6.10. The fraction of sp³-hybridized carbons (Fsp3) is 0.0526. The number of fused-ring (bicyclic) bond motifs is 2. The minimum Gasteiger partial charge on any atom is -0.368 e. The molecule has 3 aromatic heterocycles. The number of para-hydroxylation sites is 3. The molecule has 2 aromatic carbocycles. The Kier molecular flexibility index (Phi) is 3.46. The van der Waals surface area contributed by atoms with E-state index in [4.69, 9.17) is 10.7 Å². The van der Waals surface area contributed by atoms with Crippen LogP contribution in [0.5, 0.6) is 0 Å². The van der Waals surface area contributed by atoms with E-state index in [1.54, 1.807) is 6.33 Å². The van der Waals surface area contributed by atoms with Gasteiger partial charge in [-0.15, -0.1) is 0 Å². The highest BCUT2D eigenvalue weighted by Crippen LogP contribution is 2.23. The molecule has 5 aromatic rings. The molecular weight excluding hydrogens is 340 g/mol. The molecule has 0 bridgehead atoms. The van der Waals surface area contributed by atoms with E-state index in [-0.39, 0.29) is 5.95 Å². The fourth-order valence-electron chi connectivity index (χ4n) is 3.20. The lowest BCUT2D eigenvalue weighted by Crippen LogP contribution is -2.10. The zero-order valence-corrected chi connectivity index (χ0v) is 14.3. The summed E-state index contributed by atoms with van der Waals surface area (Å²) in [5.41, 5.74) is 10.1. The van der Waals surface area contributed by atoms with Gasteiger partial charge < -0.3 is 16.0 Å². The summed E-state index contributed by atoms with van der Waals surface area (Å²) in [4.78, 5) is 20.4. The molecule has 4 N–H and O–H groups in total. The average molecular weight is 356 g/mol. The van der Waals surface area contributed by atoms with Crippen molar-refractivity contribution in [1.29, 1.82) is 0 Å². The predicted octanol–water partition coefficient (Wildman–Crippen LogP) is 2.89. The highest BCUT2D eigenvalue weighted by Gasteiger charge is 2.14. The van der Waals surface area contributed by atoms with Crippen molar-refractivity contribution >= 4 is 34.0 Å². The molecule has 0 saturated carbocycles. The molecule has 0 aliphatic carbocycles. The van der Waals surface area contributed by atoms with Crippen molar-refractivity contribution < 1.29 is 0 Å². The third kappa shape index (κ3) is 2.63. The van der Waals surface area contributed by atoms with Crippen LogP contribution in [0.4, 0.5) is 11.8 Å². The average Bonchev–Trinajstić information content (AvgIpc) is 3.30. The lowest BCUT2D eigenvalue weighted by molar-refractivity contribution is 0.911. The Hall–Kier alpha value is -3.94. The lowest BCUT2D eigenvalue weighted by Gasteiger charge is -2.11. The third-order valence-corrected chi connectivity index (χ3v) is 4.36. The van der Waals surface area contributed by atoms with Crippen molar-refractivity contribution in [3.8, 4) is 5.69 Å². The number of aromatic amines is 1. The summed E-state index contributed by atoms with van der Waals surface area (Å²) >= 11 is 0. The van der Waals surface area contributed by atoms with Gasteiger partial charge in [0.05, 0.1) is 23.9 Å². The van der Waals surface area contributed by atoms with Crippen LogP contribution < -0.4 is 11.1 Å². The maximum absolute atomic E-state index is 5.80. The van der Waals surface area contributed by atoms with Crippen molar-refractivity contribution in [2.75, 3.05) is 11.1 Å². The molecule has 0 spiro atoms. The van der Waals surface area contributed by atoms with Gasteiger partial charge >= 0.3 is 0 Å². The first-order valence-corrected chi connectivity index (χ1v) is 8.52. The Bertz CT molecular complexity index is 1240. The number of nitrogens with zero attached hydrogens (tertiary/aromatic N) is 5. The monoisotopic (exact) mass is 356 g/mol. The van der Waals surface area contributed by atoms with E-state index in [0.29, 0.717) is 23.5 Å². The Morgan fingerprint density at radius 1 is 0.963 bits per heavy atom. The van der Waals surface area contributed by atoms with E-state index in [1.807, 2.05) is 36.4 Å². The van der Waals surface area contributed by atoms with Crippen LogP contribution >= 0.6 is 0 Å². The maximum Gasteiger partial charge on any atom is 0.224 e. The second-order valence-corrected chi connectivity index (χ2v) is 6.07. The largest absolute Gasteiger partial charge is 0.368 e. The molecule has 0 fully saturated rings. The number of imidazole rings is 2. The summed E-state index contributed by atoms with van der Waals surface area (Å²) in [5, 5.41) is 3.32. The van der Waals surface area contributed by atoms with Crippen molar-refractivity contribution in [2.45, 2.75) is 6.54 Å². The molecule has 5 rings (SSSR count). The van der Waals surface area contributed by atoms with Crippen molar-refractivity contribution in [3.63, 3.8) is 0 Å². The van der Waals surface area contributed by atoms with E-state index in [1.165, 1.54) is 0 Å². The van der Waals surface area contributed by atoms with Crippen molar-refractivity contribution in [1.82, 2.24) is 29.5 Å². The highest BCUT2D eigenvalue weighted by atomic mass is 15.2. The van der Waals surface area contributed by atoms with E-state index < -0.39 is 0 Å². The van der Waals surface area contributed by atoms with E-state index >= 15 is 0 Å². The Morgan fingerprint density at radius 3 is 2.67 bits per heavy atom. The number of rotatable bonds is 4. The molecule has 0 amide bonds. The molecule has 3 heterocycles. The van der Waals surface area contributed by atoms with Crippen LogP contribution in [0.2, 0.25) is 0 Å². The third-order valence-electron chi connectivity index (χ3n) is 4.36. The first kappa shape index (κ1) is 15.3. The zero-order chi connectivity index (χ0) is 18.2. The summed E-state index contributed by atoms with van der Waals surface area (Å²) in [6.45, 7) is 0.466. The van der Waals surface area contributed by atoms with Gasteiger partial charge in [-0.1, -0.05) is 30.3 Å². The minimum absolute atomic E-state index is 0.175. The van der Waals surface area contributed by atoms with Crippen LogP contribution in [0.3, 0.4) is 0 Å². The first-order valence-electron chi connectivity index (χ1n) is 8.52. The fourth-order valence-corrected chi connectivity index (χ4v) is 3.20. The van der Waals surface area contributed by atoms with E-state index in [2.05, 4.69) is 48.0 Å². The van der Waals surface area contributed by atoms with Crippen LogP contribution in [-0.4, -0.2) is 29.5 Å². The highest BCUT2D eigenvalue weighted by molar-refractivity contribution is 5.83. The van der Waals surface area contributed by atoms with Crippen molar-refractivity contribution in [2.24, 2.45) is 0 Å². The molecule has 0 saturated heterocycles. The SMILES string of the molecule is Nc1nc(NCc2nc3ccccc3n2-c2ccccc2)c2[nH]cnc2n1. The van der Waals surface area contributed by atoms with Crippen LogP contribution in [0.1, 0.15) is 5.82 Å². The quantitative estimate of drug-likeness (QED) is 0.457. The topological polar surface area (TPSA) is 110 Å². The van der Waals surface area contributed by atoms with Gasteiger partial charge in [-0.3, -0.25) is 4.57 Å². The smallest absolute Gasteiger partial charge is 0.224 e. The summed E-state index contributed by atoms with van der Waals surface area (Å²) in [6, 6.07) is 18.2. The van der Waals surface area contributed by atoms with Crippen LogP contribution in [-0.2, 0) is 6.54 Å². The molecule has 0 aliphatic heterocycles. The molecule has 0 unspecified atom stereocenters. The minimum atomic E-state index is 0.175. The van der Waals surface area contributed by atoms with Crippen LogP contribution in [0.25, 0.3) is 27.9 Å². The Balaban J connectivity index is 1.58. The Labute approximate surface area is 154 Å². The van der Waals surface area contributed by atoms with Gasteiger partial charge in [0.15, 0.2) is 11.5 Å². The van der Waals surface area contributed by atoms with Gasteiger partial charge in [-0.2, -0.15) is 9.97 Å². The lowest BCUT2D eigenvalue weighted by atomic mass is 10.3. The van der Waals surface area contributed by atoms with E-state index in [9.17, 15) is 0 Å². The number of nitrogen functional groups attached to an aromatic ring is 1. The predicted molar refractivity (Wildman–Crippen MR) is 104 cm³/mol. The van der Waals surface area contributed by atoms with Gasteiger partial charge in [-0.25, -0.2) is 9.97 Å². The number of nitrogens with one attached hydrogen (secondary N) is 2. The molecular formula is C19H16N8. The van der Waals surface area contributed by atoms with Gasteiger partial charge in [0.1, 0.15) is 11.3 Å². The number of nitrogens with two attached hydrogens (primary N) is 1. The maximum atomic E-state index is 5.80. The molecule has 8 heteroatoms. The normalized spacial score (nSPS) is 11.3. The first-order chi connectivity index (χ1) is 13.3. The standard InChI is InChI=1S/C19H16N8/c20-19-25-17(16-18(26-19)23-11-22-16)21-10-15-24-13-8-4-5-9-14(13)27(15)12-6-2-1-3-7-12/h1-9,11H,10H2,(H4,20,21,22,23,25,26). The second-order valence-electron chi connectivity index (χ2n) is 6.07. The summed E-state index contributed by atoms with van der Waals surface area (Å²) in [7, 11) is 0. The molecule has 8 nitrogen and oxygen atoms in total. The van der Waals surface area contributed by atoms with Crippen LogP contribution in [0, 0.1) is 0 Å². The number of hydrogen-bond acceptors (Lipinski definition) is 6. The number of benzene rings is 2. The van der Waals surface area contributed by atoms with Gasteiger partial charge in [-0.05, 0) is 24.3 Å². The molecule has 27 heavy (non-hydrogen) atoms. The number of aromatic nitrogens is 6. The molecule has 0 atom stereocenters. The number of H-pyrrole nitrogens is 1. The summed E-state index contributed by atoms with van der Waals surface area (Å²) in [5.74, 6) is 1.64. The van der Waals surface area contributed by atoms with E-state index in [0.717, 1.165) is 22.5 Å². The number of anilines is 2. The van der Waals surface area contributed by atoms with Gasteiger partial charge in [0.25, 0.3) is 0 Å².